The minimum Gasteiger partial charge on any atom is -0.490 e. The zero-order valence-electron chi connectivity index (χ0n) is 11.3. The molecule has 1 aromatic carbocycles. The Balaban J connectivity index is 0.00000324. The number of benzene rings is 1. The molecule has 19 heavy (non-hydrogen) atoms. The van der Waals surface area contributed by atoms with Gasteiger partial charge in [0.2, 0.25) is 0 Å². The Morgan fingerprint density at radius 3 is 2.42 bits per heavy atom. The van der Waals surface area contributed by atoms with E-state index < -0.39 is 0 Å². The van der Waals surface area contributed by atoms with Gasteiger partial charge in [-0.05, 0) is 19.1 Å². The van der Waals surface area contributed by atoms with E-state index in [1.165, 1.54) is 0 Å². The van der Waals surface area contributed by atoms with Crippen molar-refractivity contribution in [2.45, 2.75) is 6.92 Å². The van der Waals surface area contributed by atoms with Crippen LogP contribution >= 0.6 is 12.4 Å². The second kappa shape index (κ2) is 11.6. The molecular formula is C15H22ClNO2. The molecule has 0 saturated carbocycles. The highest BCUT2D eigenvalue weighted by Gasteiger charge is 2.01. The topological polar surface area (TPSA) is 30.5 Å². The molecule has 0 radical (unpaired) electrons. The molecule has 0 fully saturated rings. The quantitative estimate of drug-likeness (QED) is 0.558. The summed E-state index contributed by atoms with van der Waals surface area (Å²) in [7, 11) is 0. The number of halogens is 1. The summed E-state index contributed by atoms with van der Waals surface area (Å²) in [4.78, 5) is 0. The predicted octanol–water partition coefficient (Wildman–Crippen LogP) is 3.22. The first kappa shape index (κ1) is 17.6. The number of nitrogens with one attached hydrogen (secondary N) is 1. The lowest BCUT2D eigenvalue weighted by Crippen LogP contribution is -2.12. The second-order valence-electron chi connectivity index (χ2n) is 3.61. The molecule has 4 heteroatoms. The Hall–Kier alpha value is -1.45. The molecule has 0 aliphatic heterocycles. The van der Waals surface area contributed by atoms with Crippen LogP contribution in [0.3, 0.4) is 0 Å². The summed E-state index contributed by atoms with van der Waals surface area (Å²) in [5, 5.41) is 3.18. The van der Waals surface area contributed by atoms with Crippen LogP contribution in [0.15, 0.2) is 49.1 Å². The Morgan fingerprint density at radius 1 is 1.11 bits per heavy atom. The molecule has 0 bridgehead atoms. The van der Waals surface area contributed by atoms with Crippen LogP contribution < -0.4 is 14.8 Å². The van der Waals surface area contributed by atoms with E-state index in [0.29, 0.717) is 13.2 Å². The van der Waals surface area contributed by atoms with Crippen LogP contribution in [0, 0.1) is 0 Å². The van der Waals surface area contributed by atoms with E-state index >= 15 is 0 Å². The standard InChI is InChI=1S/C15H21NO2.ClH/c1-3-11-16-12-7-8-13-18-15-10-6-5-9-14(15)17-4-2;/h3,5-10,16H,1,4,11-13H2,2H3;1H/b8-7+;. The van der Waals surface area contributed by atoms with Gasteiger partial charge in [0.05, 0.1) is 6.61 Å². The lowest BCUT2D eigenvalue weighted by atomic mass is 10.3. The van der Waals surface area contributed by atoms with Gasteiger partial charge in [-0.25, -0.2) is 0 Å². The molecule has 106 valence electrons. The molecule has 0 atom stereocenters. The maximum absolute atomic E-state index is 5.64. The number of hydrogen-bond acceptors (Lipinski definition) is 3. The van der Waals surface area contributed by atoms with Crippen LogP contribution in [0.25, 0.3) is 0 Å². The van der Waals surface area contributed by atoms with Crippen LogP contribution in [-0.4, -0.2) is 26.3 Å². The van der Waals surface area contributed by atoms with Gasteiger partial charge in [0.15, 0.2) is 11.5 Å². The minimum atomic E-state index is 0. The molecule has 0 spiro atoms. The first-order chi connectivity index (χ1) is 8.88. The van der Waals surface area contributed by atoms with Crippen LogP contribution in [0.1, 0.15) is 6.92 Å². The van der Waals surface area contributed by atoms with E-state index in [1.807, 2.05) is 49.4 Å². The number of para-hydroxylation sites is 2. The van der Waals surface area contributed by atoms with E-state index in [4.69, 9.17) is 9.47 Å². The van der Waals surface area contributed by atoms with Crippen LogP contribution in [-0.2, 0) is 0 Å². The third-order valence-electron chi connectivity index (χ3n) is 2.20. The lowest BCUT2D eigenvalue weighted by Gasteiger charge is -2.09. The van der Waals surface area contributed by atoms with E-state index in [0.717, 1.165) is 24.6 Å². The minimum absolute atomic E-state index is 0. The fourth-order valence-corrected chi connectivity index (χ4v) is 1.40. The first-order valence-corrected chi connectivity index (χ1v) is 6.19. The van der Waals surface area contributed by atoms with Crippen molar-refractivity contribution in [1.29, 1.82) is 0 Å². The van der Waals surface area contributed by atoms with Gasteiger partial charge in [-0.2, -0.15) is 0 Å². The molecule has 0 heterocycles. The first-order valence-electron chi connectivity index (χ1n) is 6.19. The summed E-state index contributed by atoms with van der Waals surface area (Å²) in [6.07, 6.45) is 5.86. The van der Waals surface area contributed by atoms with Gasteiger partial charge >= 0.3 is 0 Å². The average molecular weight is 284 g/mol. The largest absolute Gasteiger partial charge is 0.490 e. The fraction of sp³-hybridized carbons (Fsp3) is 0.333. The average Bonchev–Trinajstić information content (AvgIpc) is 2.40. The molecule has 3 nitrogen and oxygen atoms in total. The Kier molecular flexibility index (Phi) is 10.7. The van der Waals surface area contributed by atoms with Crippen molar-refractivity contribution >= 4 is 12.4 Å². The molecular weight excluding hydrogens is 262 g/mol. The zero-order valence-corrected chi connectivity index (χ0v) is 12.1. The molecule has 0 aromatic heterocycles. The van der Waals surface area contributed by atoms with Crippen molar-refractivity contribution in [2.75, 3.05) is 26.3 Å². The number of hydrogen-bond donors (Lipinski definition) is 1. The van der Waals surface area contributed by atoms with E-state index in [1.54, 1.807) is 0 Å². The van der Waals surface area contributed by atoms with Gasteiger partial charge in [-0.15, -0.1) is 19.0 Å². The van der Waals surface area contributed by atoms with Crippen LogP contribution in [0.2, 0.25) is 0 Å². The van der Waals surface area contributed by atoms with Crippen molar-refractivity contribution < 1.29 is 9.47 Å². The fourth-order valence-electron chi connectivity index (χ4n) is 1.40. The molecule has 0 saturated heterocycles. The van der Waals surface area contributed by atoms with Crippen LogP contribution in [0.5, 0.6) is 11.5 Å². The molecule has 1 aromatic rings. The van der Waals surface area contributed by atoms with Crippen molar-refractivity contribution in [2.24, 2.45) is 0 Å². The summed E-state index contributed by atoms with van der Waals surface area (Å²) < 4.78 is 11.1. The molecule has 0 amide bonds. The molecule has 1 rings (SSSR count). The Bertz CT molecular complexity index is 380. The predicted molar refractivity (Wildman–Crippen MR) is 82.6 cm³/mol. The van der Waals surface area contributed by atoms with Crippen molar-refractivity contribution in [3.05, 3.63) is 49.1 Å². The summed E-state index contributed by atoms with van der Waals surface area (Å²) in [6.45, 7) is 8.42. The van der Waals surface area contributed by atoms with Gasteiger partial charge < -0.3 is 14.8 Å². The summed E-state index contributed by atoms with van der Waals surface area (Å²) in [5.41, 5.74) is 0. The summed E-state index contributed by atoms with van der Waals surface area (Å²) in [5.74, 6) is 1.57. The highest BCUT2D eigenvalue weighted by molar-refractivity contribution is 5.85. The van der Waals surface area contributed by atoms with Crippen molar-refractivity contribution in [1.82, 2.24) is 5.32 Å². The van der Waals surface area contributed by atoms with Crippen molar-refractivity contribution in [3.8, 4) is 11.5 Å². The molecule has 1 N–H and O–H groups in total. The molecule has 0 unspecified atom stereocenters. The van der Waals surface area contributed by atoms with Crippen LogP contribution in [0.4, 0.5) is 0 Å². The van der Waals surface area contributed by atoms with Gasteiger partial charge in [-0.1, -0.05) is 30.4 Å². The summed E-state index contributed by atoms with van der Waals surface area (Å²) in [6, 6.07) is 7.70. The van der Waals surface area contributed by atoms with E-state index in [9.17, 15) is 0 Å². The lowest BCUT2D eigenvalue weighted by molar-refractivity contribution is 0.296. The Labute approximate surface area is 121 Å². The normalized spacial score (nSPS) is 9.95. The smallest absolute Gasteiger partial charge is 0.161 e. The van der Waals surface area contributed by atoms with E-state index in [-0.39, 0.29) is 12.4 Å². The molecule has 0 aliphatic carbocycles. The maximum Gasteiger partial charge on any atom is 0.161 e. The maximum atomic E-state index is 5.64. The number of rotatable bonds is 9. The molecule has 0 aliphatic rings. The third kappa shape index (κ3) is 7.54. The second-order valence-corrected chi connectivity index (χ2v) is 3.61. The SMILES string of the molecule is C=CCNC/C=C/COc1ccccc1OCC.Cl. The van der Waals surface area contributed by atoms with E-state index in [2.05, 4.69) is 11.9 Å². The number of ether oxygens (including phenoxy) is 2. The van der Waals surface area contributed by atoms with Gasteiger partial charge in [0, 0.05) is 13.1 Å². The highest BCUT2D eigenvalue weighted by Crippen LogP contribution is 2.26. The van der Waals surface area contributed by atoms with Gasteiger partial charge in [-0.3, -0.25) is 0 Å². The van der Waals surface area contributed by atoms with Gasteiger partial charge in [0.25, 0.3) is 0 Å². The third-order valence-corrected chi connectivity index (χ3v) is 2.20. The highest BCUT2D eigenvalue weighted by atomic mass is 35.5. The van der Waals surface area contributed by atoms with Gasteiger partial charge in [0.1, 0.15) is 6.61 Å². The van der Waals surface area contributed by atoms with Crippen molar-refractivity contribution in [3.63, 3.8) is 0 Å². The summed E-state index contributed by atoms with van der Waals surface area (Å²) >= 11 is 0. The Morgan fingerprint density at radius 2 is 1.79 bits per heavy atom. The zero-order chi connectivity index (χ0) is 13.1. The monoisotopic (exact) mass is 283 g/mol.